The maximum absolute atomic E-state index is 12.5. The Morgan fingerprint density at radius 3 is 2.86 bits per heavy atom. The van der Waals surface area contributed by atoms with Gasteiger partial charge in [-0.2, -0.15) is 4.98 Å². The topological polar surface area (TPSA) is 121 Å². The molecule has 0 aliphatic carbocycles. The third-order valence-corrected chi connectivity index (χ3v) is 4.23. The van der Waals surface area contributed by atoms with Gasteiger partial charge in [-0.1, -0.05) is 36.4 Å². The lowest BCUT2D eigenvalue weighted by atomic mass is 10.1. The molecule has 2 heterocycles. The molecule has 0 unspecified atom stereocenters. The lowest BCUT2D eigenvalue weighted by Gasteiger charge is -2.22. The number of amides is 1. The Bertz CT molecular complexity index is 929. The highest BCUT2D eigenvalue weighted by Crippen LogP contribution is 2.37. The number of nitrogens with two attached hydrogens (primary N) is 1. The van der Waals surface area contributed by atoms with Gasteiger partial charge in [-0.05, 0) is 24.0 Å². The van der Waals surface area contributed by atoms with E-state index >= 15 is 0 Å². The number of hydrogen-bond acceptors (Lipinski definition) is 7. The first-order chi connectivity index (χ1) is 13.5. The van der Waals surface area contributed by atoms with E-state index in [2.05, 4.69) is 4.98 Å². The third kappa shape index (κ3) is 4.20. The molecule has 0 fully saturated rings. The van der Waals surface area contributed by atoms with E-state index in [1.807, 2.05) is 36.4 Å². The smallest absolute Gasteiger partial charge is 0.414 e. The summed E-state index contributed by atoms with van der Waals surface area (Å²) in [6.45, 7) is 0.381. The van der Waals surface area contributed by atoms with Crippen molar-refractivity contribution in [1.82, 2.24) is 4.98 Å². The number of methoxy groups -OCH3 is 1. The van der Waals surface area contributed by atoms with Gasteiger partial charge in [0.2, 0.25) is 11.7 Å². The summed E-state index contributed by atoms with van der Waals surface area (Å²) in [5.41, 5.74) is 7.16. The lowest BCUT2D eigenvalue weighted by molar-refractivity contribution is -0.383. The van der Waals surface area contributed by atoms with Crippen LogP contribution in [0.15, 0.2) is 42.5 Å². The van der Waals surface area contributed by atoms with Crippen molar-refractivity contribution in [3.05, 3.63) is 63.7 Å². The molecule has 2 N–H and O–H groups in total. The first-order valence-electron chi connectivity index (χ1n) is 8.65. The van der Waals surface area contributed by atoms with Gasteiger partial charge in [-0.25, -0.2) is 4.79 Å². The summed E-state index contributed by atoms with van der Waals surface area (Å²) in [7, 11) is 1.21. The molecular formula is C19H20N4O5. The molecule has 4 bridgehead atoms. The molecule has 0 radical (unpaired) electrons. The number of hydrogen-bond donors (Lipinski definition) is 1. The summed E-state index contributed by atoms with van der Waals surface area (Å²) in [6.07, 6.45) is 4.64. The zero-order valence-corrected chi connectivity index (χ0v) is 15.3. The van der Waals surface area contributed by atoms with Crippen LogP contribution in [-0.4, -0.2) is 29.7 Å². The van der Waals surface area contributed by atoms with Gasteiger partial charge in [0.25, 0.3) is 0 Å². The number of carbonyl (C=O) groups excluding carboxylic acids is 1. The van der Waals surface area contributed by atoms with Gasteiger partial charge in [0.15, 0.2) is 0 Å². The Labute approximate surface area is 161 Å². The minimum Gasteiger partial charge on any atom is -0.477 e. The Morgan fingerprint density at radius 2 is 2.11 bits per heavy atom. The number of ether oxygens (including phenoxy) is 2. The van der Waals surface area contributed by atoms with Crippen LogP contribution in [0.3, 0.4) is 0 Å². The van der Waals surface area contributed by atoms with Gasteiger partial charge < -0.3 is 15.2 Å². The minimum absolute atomic E-state index is 0.0302. The summed E-state index contributed by atoms with van der Waals surface area (Å²) in [4.78, 5) is 28.5. The van der Waals surface area contributed by atoms with Gasteiger partial charge in [-0.15, -0.1) is 0 Å². The second-order valence-corrected chi connectivity index (χ2v) is 6.16. The minimum atomic E-state index is -0.753. The molecule has 9 nitrogen and oxygen atoms in total. The van der Waals surface area contributed by atoms with Crippen molar-refractivity contribution in [2.24, 2.45) is 0 Å². The summed E-state index contributed by atoms with van der Waals surface area (Å²) >= 11 is 0. The molecule has 28 heavy (non-hydrogen) atoms. The monoisotopic (exact) mass is 384 g/mol. The molecule has 0 atom stereocenters. The van der Waals surface area contributed by atoms with E-state index in [4.69, 9.17) is 15.2 Å². The van der Waals surface area contributed by atoms with Gasteiger partial charge in [-0.3, -0.25) is 15.0 Å². The summed E-state index contributed by atoms with van der Waals surface area (Å²) < 4.78 is 10.4. The van der Waals surface area contributed by atoms with E-state index in [0.29, 0.717) is 13.0 Å². The number of nitrogen functional groups attached to an aromatic ring is 1. The summed E-state index contributed by atoms with van der Waals surface area (Å²) in [5, 5.41) is 11.6. The first kappa shape index (κ1) is 19.2. The van der Waals surface area contributed by atoms with Crippen molar-refractivity contribution in [2.45, 2.75) is 19.4 Å². The largest absolute Gasteiger partial charge is 0.477 e. The fourth-order valence-electron chi connectivity index (χ4n) is 2.95. The molecule has 9 heteroatoms. The van der Waals surface area contributed by atoms with Crippen LogP contribution in [-0.2, 0) is 17.7 Å². The van der Waals surface area contributed by atoms with E-state index < -0.39 is 16.7 Å². The number of benzene rings is 1. The Kier molecular flexibility index (Phi) is 5.73. The van der Waals surface area contributed by atoms with Gasteiger partial charge in [0, 0.05) is 6.07 Å². The van der Waals surface area contributed by atoms with Crippen LogP contribution in [0.25, 0.3) is 0 Å². The first-order valence-corrected chi connectivity index (χ1v) is 8.65. The molecule has 1 aromatic carbocycles. The van der Waals surface area contributed by atoms with Crippen LogP contribution in [0.4, 0.5) is 22.0 Å². The number of pyridine rings is 1. The van der Waals surface area contributed by atoms with Crippen LogP contribution in [0.1, 0.15) is 17.5 Å². The summed E-state index contributed by atoms with van der Waals surface area (Å²) in [5.74, 6) is -0.228. The molecule has 1 amide bonds. The number of rotatable bonds is 1. The lowest BCUT2D eigenvalue weighted by Crippen LogP contribution is -2.31. The molecule has 0 spiro atoms. The highest BCUT2D eigenvalue weighted by atomic mass is 16.6. The second kappa shape index (κ2) is 8.38. The zero-order valence-electron chi connectivity index (χ0n) is 15.3. The predicted molar refractivity (Wildman–Crippen MR) is 103 cm³/mol. The quantitative estimate of drug-likeness (QED) is 0.455. The van der Waals surface area contributed by atoms with Crippen LogP contribution in [0.5, 0.6) is 5.88 Å². The zero-order chi connectivity index (χ0) is 20.1. The number of anilines is 2. The average molecular weight is 384 g/mol. The molecule has 3 rings (SSSR count). The van der Waals surface area contributed by atoms with E-state index in [1.165, 1.54) is 13.2 Å². The number of aromatic nitrogens is 1. The van der Waals surface area contributed by atoms with Gasteiger partial charge in [0.1, 0.15) is 5.69 Å². The van der Waals surface area contributed by atoms with Crippen molar-refractivity contribution in [2.75, 3.05) is 24.4 Å². The SMILES string of the molecule is COC(=O)N1Cc2cccc(c2)C/C=C/CCOc2cc1c([N+](=O)[O-])c(N)n2. The van der Waals surface area contributed by atoms with Crippen LogP contribution < -0.4 is 15.4 Å². The Morgan fingerprint density at radius 1 is 1.32 bits per heavy atom. The Balaban J connectivity index is 2.17. The highest BCUT2D eigenvalue weighted by molar-refractivity contribution is 5.92. The molecule has 0 saturated carbocycles. The highest BCUT2D eigenvalue weighted by Gasteiger charge is 2.30. The average Bonchev–Trinajstić information content (AvgIpc) is 2.67. The summed E-state index contributed by atoms with van der Waals surface area (Å²) in [6, 6.07) is 8.97. The van der Waals surface area contributed by atoms with Crippen molar-refractivity contribution in [1.29, 1.82) is 0 Å². The van der Waals surface area contributed by atoms with E-state index in [9.17, 15) is 14.9 Å². The van der Waals surface area contributed by atoms with Crippen LogP contribution in [0.2, 0.25) is 0 Å². The molecule has 1 aliphatic heterocycles. The van der Waals surface area contributed by atoms with E-state index in [0.717, 1.165) is 22.4 Å². The van der Waals surface area contributed by atoms with E-state index in [1.54, 1.807) is 0 Å². The third-order valence-electron chi connectivity index (χ3n) is 4.23. The van der Waals surface area contributed by atoms with Crippen molar-refractivity contribution in [3.63, 3.8) is 0 Å². The maximum atomic E-state index is 12.5. The van der Waals surface area contributed by atoms with Gasteiger partial charge >= 0.3 is 11.8 Å². The number of allylic oxidation sites excluding steroid dienone is 1. The molecule has 1 aliphatic rings. The number of fused-ring (bicyclic) bond motifs is 4. The predicted octanol–water partition coefficient (Wildman–Crippen LogP) is 3.23. The standard InChI is InChI=1S/C19H20N4O5/c1-27-19(24)22-12-14-8-5-7-13(10-14)6-3-2-4-9-28-16-11-15(22)17(23(25)26)18(20)21-16/h2-3,5,7-8,10-11H,4,6,9,12H2,1H3,(H2,20,21)/b3-2+. The van der Waals surface area contributed by atoms with Crippen molar-refractivity contribution >= 4 is 23.3 Å². The normalized spacial score (nSPS) is 15.1. The molecule has 2 aromatic rings. The fraction of sp³-hybridized carbons (Fsp3) is 0.263. The number of carbonyl (C=O) groups is 1. The van der Waals surface area contributed by atoms with E-state index in [-0.39, 0.29) is 23.9 Å². The van der Waals surface area contributed by atoms with Crippen molar-refractivity contribution in [3.8, 4) is 5.88 Å². The second-order valence-electron chi connectivity index (χ2n) is 6.16. The fourth-order valence-corrected chi connectivity index (χ4v) is 2.95. The molecule has 0 saturated heterocycles. The molecule has 1 aromatic heterocycles. The van der Waals surface area contributed by atoms with Gasteiger partial charge in [0.05, 0.1) is 25.2 Å². The maximum Gasteiger partial charge on any atom is 0.414 e. The van der Waals surface area contributed by atoms with Crippen LogP contribution in [0, 0.1) is 10.1 Å². The number of nitro groups is 1. The molecule has 146 valence electrons. The van der Waals surface area contributed by atoms with Crippen molar-refractivity contribution < 1.29 is 19.2 Å². The van der Waals surface area contributed by atoms with Crippen LogP contribution >= 0.6 is 0 Å². The number of nitrogens with zero attached hydrogens (tertiary/aromatic N) is 3. The molecular weight excluding hydrogens is 364 g/mol. The Hall–Kier alpha value is -3.62.